The smallest absolute Gasteiger partial charge is 0.171 e. The van der Waals surface area contributed by atoms with E-state index in [1.807, 2.05) is 13.0 Å². The lowest BCUT2D eigenvalue weighted by Gasteiger charge is -2.16. The quantitative estimate of drug-likeness (QED) is 0.825. The Morgan fingerprint density at radius 1 is 1.59 bits per heavy atom. The number of hydrogen-bond acceptors (Lipinski definition) is 2. The van der Waals surface area contributed by atoms with Crippen LogP contribution in [0.15, 0.2) is 22.7 Å². The summed E-state index contributed by atoms with van der Waals surface area (Å²) in [4.78, 5) is 0. The van der Waals surface area contributed by atoms with E-state index in [-0.39, 0.29) is 6.04 Å². The molecule has 1 atom stereocenters. The molecular formula is C11H14BrClN2OS. The molecule has 1 unspecified atom stereocenters. The first-order valence-corrected chi connectivity index (χ1v) is 6.62. The summed E-state index contributed by atoms with van der Waals surface area (Å²) in [6, 6.07) is 5.63. The topological polar surface area (TPSA) is 33.3 Å². The van der Waals surface area contributed by atoms with Gasteiger partial charge in [0.05, 0.1) is 12.3 Å². The number of hydrogen-bond donors (Lipinski definition) is 2. The van der Waals surface area contributed by atoms with Gasteiger partial charge in [0.25, 0.3) is 0 Å². The zero-order valence-electron chi connectivity index (χ0n) is 9.59. The van der Waals surface area contributed by atoms with Crippen LogP contribution in [0, 0.1) is 0 Å². The van der Waals surface area contributed by atoms with Crippen molar-refractivity contribution in [1.82, 2.24) is 5.32 Å². The molecule has 0 aromatic heterocycles. The molecule has 1 aromatic rings. The van der Waals surface area contributed by atoms with Gasteiger partial charge in [-0.1, -0.05) is 11.6 Å². The predicted molar refractivity (Wildman–Crippen MR) is 79.8 cm³/mol. The van der Waals surface area contributed by atoms with Gasteiger partial charge in [-0.15, -0.1) is 0 Å². The van der Waals surface area contributed by atoms with E-state index < -0.39 is 0 Å². The largest absolute Gasteiger partial charge is 0.383 e. The van der Waals surface area contributed by atoms with Crippen LogP contribution >= 0.6 is 39.7 Å². The predicted octanol–water partition coefficient (Wildman–Crippen LogP) is 3.42. The number of halogens is 2. The summed E-state index contributed by atoms with van der Waals surface area (Å²) in [6.07, 6.45) is 0. The van der Waals surface area contributed by atoms with Crippen LogP contribution in [0.25, 0.3) is 0 Å². The van der Waals surface area contributed by atoms with Crippen molar-refractivity contribution in [2.24, 2.45) is 0 Å². The van der Waals surface area contributed by atoms with Gasteiger partial charge in [-0.05, 0) is 53.3 Å². The second-order valence-corrected chi connectivity index (χ2v) is 5.28. The second-order valence-electron chi connectivity index (χ2n) is 3.58. The summed E-state index contributed by atoms with van der Waals surface area (Å²) in [5, 5.41) is 7.38. The van der Waals surface area contributed by atoms with Crippen LogP contribution in [-0.2, 0) is 4.74 Å². The van der Waals surface area contributed by atoms with Crippen molar-refractivity contribution < 1.29 is 4.74 Å². The first-order chi connectivity index (χ1) is 8.02. The number of rotatable bonds is 4. The van der Waals surface area contributed by atoms with Crippen molar-refractivity contribution >= 4 is 50.5 Å². The maximum Gasteiger partial charge on any atom is 0.171 e. The molecule has 94 valence electrons. The van der Waals surface area contributed by atoms with Gasteiger partial charge >= 0.3 is 0 Å². The van der Waals surface area contributed by atoms with Crippen LogP contribution in [-0.4, -0.2) is 24.9 Å². The summed E-state index contributed by atoms with van der Waals surface area (Å²) in [5.74, 6) is 0. The maximum atomic E-state index is 5.91. The Morgan fingerprint density at radius 3 is 2.94 bits per heavy atom. The fourth-order valence-corrected chi connectivity index (χ4v) is 2.10. The van der Waals surface area contributed by atoms with Crippen molar-refractivity contribution in [3.05, 3.63) is 27.7 Å². The highest BCUT2D eigenvalue weighted by Gasteiger charge is 2.06. The molecule has 3 nitrogen and oxygen atoms in total. The first-order valence-electron chi connectivity index (χ1n) is 5.04. The number of ether oxygens (including phenoxy) is 1. The normalized spacial score (nSPS) is 12.0. The number of methoxy groups -OCH3 is 1. The molecule has 2 N–H and O–H groups in total. The SMILES string of the molecule is COCC(C)NC(=S)Nc1cc(Cl)ccc1Br. The molecule has 0 aliphatic heterocycles. The number of benzene rings is 1. The maximum absolute atomic E-state index is 5.91. The number of nitrogens with one attached hydrogen (secondary N) is 2. The van der Waals surface area contributed by atoms with Crippen molar-refractivity contribution in [2.45, 2.75) is 13.0 Å². The van der Waals surface area contributed by atoms with Gasteiger partial charge in [-0.3, -0.25) is 0 Å². The van der Waals surface area contributed by atoms with Crippen molar-refractivity contribution in [2.75, 3.05) is 19.0 Å². The molecule has 0 saturated heterocycles. The van der Waals surface area contributed by atoms with E-state index in [0.29, 0.717) is 16.7 Å². The van der Waals surface area contributed by atoms with Crippen LogP contribution in [0.2, 0.25) is 5.02 Å². The Morgan fingerprint density at radius 2 is 2.29 bits per heavy atom. The minimum Gasteiger partial charge on any atom is -0.383 e. The van der Waals surface area contributed by atoms with Gasteiger partial charge in [-0.2, -0.15) is 0 Å². The molecule has 0 amide bonds. The average molecular weight is 338 g/mol. The van der Waals surface area contributed by atoms with Crippen LogP contribution in [0.1, 0.15) is 6.92 Å². The fourth-order valence-electron chi connectivity index (χ4n) is 1.27. The molecular weight excluding hydrogens is 324 g/mol. The molecule has 0 saturated carbocycles. The third-order valence-electron chi connectivity index (χ3n) is 1.97. The molecule has 0 heterocycles. The Balaban J connectivity index is 2.58. The summed E-state index contributed by atoms with van der Waals surface area (Å²) in [5.41, 5.74) is 0.833. The molecule has 0 aliphatic carbocycles. The highest BCUT2D eigenvalue weighted by molar-refractivity contribution is 9.10. The monoisotopic (exact) mass is 336 g/mol. The molecule has 0 spiro atoms. The summed E-state index contributed by atoms with van der Waals surface area (Å²) < 4.78 is 5.93. The Hall–Kier alpha value is -0.360. The molecule has 0 bridgehead atoms. The summed E-state index contributed by atoms with van der Waals surface area (Å²) in [6.45, 7) is 2.59. The lowest BCUT2D eigenvalue weighted by molar-refractivity contribution is 0.179. The van der Waals surface area contributed by atoms with Crippen molar-refractivity contribution in [1.29, 1.82) is 0 Å². The van der Waals surface area contributed by atoms with Gasteiger partial charge in [0.1, 0.15) is 0 Å². The minimum absolute atomic E-state index is 0.151. The average Bonchev–Trinajstić information content (AvgIpc) is 2.23. The molecule has 17 heavy (non-hydrogen) atoms. The lowest BCUT2D eigenvalue weighted by Crippen LogP contribution is -2.38. The zero-order chi connectivity index (χ0) is 12.8. The minimum atomic E-state index is 0.151. The highest BCUT2D eigenvalue weighted by atomic mass is 79.9. The van der Waals surface area contributed by atoms with Gasteiger partial charge in [0, 0.05) is 22.6 Å². The van der Waals surface area contributed by atoms with Crippen molar-refractivity contribution in [3.8, 4) is 0 Å². The molecule has 0 radical (unpaired) electrons. The summed E-state index contributed by atoms with van der Waals surface area (Å²) >= 11 is 14.5. The molecule has 0 fully saturated rings. The van der Waals surface area contributed by atoms with Gasteiger partial charge < -0.3 is 15.4 Å². The Labute approximate surface area is 120 Å². The van der Waals surface area contributed by atoms with E-state index in [9.17, 15) is 0 Å². The fraction of sp³-hybridized carbons (Fsp3) is 0.364. The highest BCUT2D eigenvalue weighted by Crippen LogP contribution is 2.25. The lowest BCUT2D eigenvalue weighted by atomic mass is 10.3. The number of thiocarbonyl (C=S) groups is 1. The van der Waals surface area contributed by atoms with E-state index in [1.54, 1.807) is 19.2 Å². The van der Waals surface area contributed by atoms with Gasteiger partial charge in [-0.25, -0.2) is 0 Å². The molecule has 1 aromatic carbocycles. The van der Waals surface area contributed by atoms with E-state index in [4.69, 9.17) is 28.6 Å². The molecule has 0 aliphatic rings. The number of anilines is 1. The third-order valence-corrected chi connectivity index (χ3v) is 3.12. The van der Waals surface area contributed by atoms with Crippen LogP contribution in [0.5, 0.6) is 0 Å². The van der Waals surface area contributed by atoms with Crippen LogP contribution in [0.3, 0.4) is 0 Å². The summed E-state index contributed by atoms with van der Waals surface area (Å²) in [7, 11) is 1.65. The Kier molecular flexibility index (Phi) is 6.19. The van der Waals surface area contributed by atoms with E-state index >= 15 is 0 Å². The van der Waals surface area contributed by atoms with Gasteiger partial charge in [0.2, 0.25) is 0 Å². The van der Waals surface area contributed by atoms with E-state index in [1.165, 1.54) is 0 Å². The standard InChI is InChI=1S/C11H14BrClN2OS/c1-7(6-16-2)14-11(17)15-10-5-8(13)3-4-9(10)12/h3-5,7H,6H2,1-2H3,(H2,14,15,17). The zero-order valence-corrected chi connectivity index (χ0v) is 12.7. The first kappa shape index (κ1) is 14.7. The van der Waals surface area contributed by atoms with E-state index in [0.717, 1.165) is 10.2 Å². The Bertz CT molecular complexity index is 403. The van der Waals surface area contributed by atoms with Gasteiger partial charge in [0.15, 0.2) is 5.11 Å². The third kappa shape index (κ3) is 5.21. The molecule has 1 rings (SSSR count). The second kappa shape index (κ2) is 7.16. The van der Waals surface area contributed by atoms with Crippen LogP contribution < -0.4 is 10.6 Å². The molecule has 6 heteroatoms. The van der Waals surface area contributed by atoms with Crippen molar-refractivity contribution in [3.63, 3.8) is 0 Å². The van der Waals surface area contributed by atoms with Crippen LogP contribution in [0.4, 0.5) is 5.69 Å². The van der Waals surface area contributed by atoms with E-state index in [2.05, 4.69) is 26.6 Å².